The number of pyridine rings is 1. The van der Waals surface area contributed by atoms with E-state index in [1.54, 1.807) is 18.2 Å². The van der Waals surface area contributed by atoms with E-state index < -0.39 is 54.4 Å². The number of carboxylic acid groups (broad SMARTS) is 1. The van der Waals surface area contributed by atoms with Crippen molar-refractivity contribution in [2.75, 3.05) is 0 Å². The van der Waals surface area contributed by atoms with Gasteiger partial charge < -0.3 is 10.2 Å². The highest BCUT2D eigenvalue weighted by Gasteiger charge is 2.39. The van der Waals surface area contributed by atoms with Gasteiger partial charge in [-0.3, -0.25) is 0 Å². The third-order valence-electron chi connectivity index (χ3n) is 4.83. The normalized spacial score (nSPS) is 13.6. The van der Waals surface area contributed by atoms with Gasteiger partial charge in [-0.25, -0.2) is 23.2 Å². The summed E-state index contributed by atoms with van der Waals surface area (Å²) in [5.74, 6) is -1.42. The largest absolute Gasteiger partial charge is 0.476 e. The van der Waals surface area contributed by atoms with Gasteiger partial charge in [0.25, 0.3) is 0 Å². The van der Waals surface area contributed by atoms with E-state index in [1.807, 2.05) is 0 Å². The molecule has 0 amide bonds. The van der Waals surface area contributed by atoms with Gasteiger partial charge in [0.05, 0.1) is 26.3 Å². The lowest BCUT2D eigenvalue weighted by molar-refractivity contribution is -0.147. The van der Waals surface area contributed by atoms with Crippen LogP contribution in [-0.2, 0) is 15.6 Å². The minimum Gasteiger partial charge on any atom is -0.476 e. The second-order valence-corrected chi connectivity index (χ2v) is 11.5. The number of aromatic carboxylic acids is 1. The summed E-state index contributed by atoms with van der Waals surface area (Å²) < 4.78 is 65.0. The van der Waals surface area contributed by atoms with Crippen LogP contribution in [0.5, 0.6) is 0 Å². The first kappa shape index (κ1) is 28.3. The third-order valence-corrected chi connectivity index (χ3v) is 8.52. The molecule has 0 aliphatic rings. The summed E-state index contributed by atoms with van der Waals surface area (Å²) in [5.41, 5.74) is -1.13. The van der Waals surface area contributed by atoms with E-state index in [-0.39, 0.29) is 21.1 Å². The molecule has 0 spiro atoms. The standard InChI is InChI=1S/C21H18Cl2F3N3O5S2/c1-9(21(24,25)26)29-36(33,34)12-8-7-10(14(22)15(12)23)17-16(19(30)31)28-18(35-17)11-5-4-6-13(27-11)20(2,3)32/h4-9,29,32H,1-3H3,(H,30,31)/t9-/m0/s1. The van der Waals surface area contributed by atoms with Crippen molar-refractivity contribution in [3.05, 3.63) is 51.8 Å². The second-order valence-electron chi connectivity index (χ2n) is 8.09. The van der Waals surface area contributed by atoms with Crippen LogP contribution in [-0.4, -0.2) is 46.8 Å². The number of aromatic nitrogens is 2. The minimum atomic E-state index is -4.84. The molecule has 194 valence electrons. The van der Waals surface area contributed by atoms with Crippen LogP contribution >= 0.6 is 34.5 Å². The van der Waals surface area contributed by atoms with Gasteiger partial charge >= 0.3 is 12.1 Å². The second kappa shape index (κ2) is 9.88. The van der Waals surface area contributed by atoms with Gasteiger partial charge in [0.15, 0.2) is 5.69 Å². The van der Waals surface area contributed by atoms with Gasteiger partial charge in [0, 0.05) is 5.56 Å². The van der Waals surface area contributed by atoms with E-state index in [4.69, 9.17) is 23.2 Å². The Kier molecular flexibility index (Phi) is 7.76. The quantitative estimate of drug-likeness (QED) is 0.342. The number of rotatable bonds is 7. The Morgan fingerprint density at radius 3 is 2.31 bits per heavy atom. The van der Waals surface area contributed by atoms with Gasteiger partial charge in [-0.15, -0.1) is 11.3 Å². The lowest BCUT2D eigenvalue weighted by atomic mass is 10.0. The van der Waals surface area contributed by atoms with Crippen molar-refractivity contribution in [3.8, 4) is 21.1 Å². The Hall–Kier alpha value is -2.29. The Labute approximate surface area is 217 Å². The van der Waals surface area contributed by atoms with Crippen molar-refractivity contribution >= 4 is 50.5 Å². The van der Waals surface area contributed by atoms with Gasteiger partial charge in [0.2, 0.25) is 10.0 Å². The fourth-order valence-electron chi connectivity index (χ4n) is 2.93. The van der Waals surface area contributed by atoms with Crippen LogP contribution in [0.15, 0.2) is 35.2 Å². The molecule has 3 rings (SSSR count). The molecule has 0 saturated heterocycles. The van der Waals surface area contributed by atoms with Crippen molar-refractivity contribution in [1.29, 1.82) is 0 Å². The van der Waals surface area contributed by atoms with Gasteiger partial charge in [-0.1, -0.05) is 35.3 Å². The summed E-state index contributed by atoms with van der Waals surface area (Å²) >= 11 is 13.3. The Morgan fingerprint density at radius 2 is 1.75 bits per heavy atom. The molecule has 2 heterocycles. The average Bonchev–Trinajstić information content (AvgIpc) is 3.19. The smallest absolute Gasteiger partial charge is 0.404 e. The van der Waals surface area contributed by atoms with Crippen molar-refractivity contribution in [3.63, 3.8) is 0 Å². The van der Waals surface area contributed by atoms with Crippen LogP contribution in [0.2, 0.25) is 10.0 Å². The Bertz CT molecular complexity index is 1440. The molecule has 1 atom stereocenters. The maximum absolute atomic E-state index is 12.8. The number of halogens is 5. The Balaban J connectivity index is 2.11. The number of benzene rings is 1. The number of aliphatic hydroxyl groups is 1. The minimum absolute atomic E-state index is 0.00396. The zero-order valence-electron chi connectivity index (χ0n) is 18.7. The van der Waals surface area contributed by atoms with Crippen molar-refractivity contribution in [1.82, 2.24) is 14.7 Å². The number of carbonyl (C=O) groups is 1. The molecule has 0 aliphatic heterocycles. The molecule has 0 bridgehead atoms. The number of nitrogens with zero attached hydrogens (tertiary/aromatic N) is 2. The van der Waals surface area contributed by atoms with Crippen molar-refractivity contribution in [2.24, 2.45) is 0 Å². The van der Waals surface area contributed by atoms with E-state index >= 15 is 0 Å². The molecule has 0 unspecified atom stereocenters. The van der Waals surface area contributed by atoms with E-state index in [1.165, 1.54) is 18.6 Å². The molecule has 0 radical (unpaired) electrons. The molecular weight excluding hydrogens is 566 g/mol. The maximum atomic E-state index is 12.8. The van der Waals surface area contributed by atoms with E-state index in [0.29, 0.717) is 12.6 Å². The lowest BCUT2D eigenvalue weighted by Crippen LogP contribution is -2.43. The molecule has 1 aromatic carbocycles. The highest BCUT2D eigenvalue weighted by atomic mass is 35.5. The first-order chi connectivity index (χ1) is 16.4. The van der Waals surface area contributed by atoms with Crippen LogP contribution in [0.1, 0.15) is 37.0 Å². The van der Waals surface area contributed by atoms with Gasteiger partial charge in [0.1, 0.15) is 21.5 Å². The molecule has 3 aromatic rings. The van der Waals surface area contributed by atoms with Gasteiger partial charge in [-0.2, -0.15) is 17.9 Å². The topological polar surface area (TPSA) is 129 Å². The third kappa shape index (κ3) is 5.82. The van der Waals surface area contributed by atoms with Crippen LogP contribution in [0, 0.1) is 0 Å². The molecule has 0 aliphatic carbocycles. The highest BCUT2D eigenvalue weighted by Crippen LogP contribution is 2.43. The molecule has 2 aromatic heterocycles. The van der Waals surface area contributed by atoms with Crippen molar-refractivity contribution < 1.29 is 36.6 Å². The molecular formula is C21H18Cl2F3N3O5S2. The summed E-state index contributed by atoms with van der Waals surface area (Å²) in [4.78, 5) is 19.6. The lowest BCUT2D eigenvalue weighted by Gasteiger charge is -2.18. The monoisotopic (exact) mass is 583 g/mol. The summed E-state index contributed by atoms with van der Waals surface area (Å²) in [6.45, 7) is 3.67. The average molecular weight is 584 g/mol. The molecule has 0 fully saturated rings. The highest BCUT2D eigenvalue weighted by molar-refractivity contribution is 7.89. The molecule has 8 nitrogen and oxygen atoms in total. The zero-order valence-corrected chi connectivity index (χ0v) is 21.8. The van der Waals surface area contributed by atoms with Gasteiger partial charge in [-0.05, 0) is 39.0 Å². The molecule has 15 heteroatoms. The number of hydrogen-bond acceptors (Lipinski definition) is 7. The maximum Gasteiger partial charge on any atom is 0.404 e. The SMILES string of the molecule is C[C@H](NS(=O)(=O)c1ccc(-c2sc(-c3cccc(C(C)(C)O)n3)nc2C(=O)O)c(Cl)c1Cl)C(F)(F)F. The van der Waals surface area contributed by atoms with Crippen LogP contribution in [0.25, 0.3) is 21.1 Å². The number of hydrogen-bond donors (Lipinski definition) is 3. The predicted molar refractivity (Wildman–Crippen MR) is 129 cm³/mol. The Morgan fingerprint density at radius 1 is 1.11 bits per heavy atom. The summed E-state index contributed by atoms with van der Waals surface area (Å²) in [6, 6.07) is 4.40. The summed E-state index contributed by atoms with van der Waals surface area (Å²) in [7, 11) is -4.73. The zero-order chi connectivity index (χ0) is 27.2. The summed E-state index contributed by atoms with van der Waals surface area (Å²) in [5, 5.41) is 19.1. The first-order valence-corrected chi connectivity index (χ1v) is 13.0. The van der Waals surface area contributed by atoms with Crippen LogP contribution in [0.3, 0.4) is 0 Å². The van der Waals surface area contributed by atoms with E-state index in [0.717, 1.165) is 23.5 Å². The number of alkyl halides is 3. The molecule has 3 N–H and O–H groups in total. The first-order valence-electron chi connectivity index (χ1n) is 9.95. The van der Waals surface area contributed by atoms with Crippen molar-refractivity contribution in [2.45, 2.75) is 43.5 Å². The number of sulfonamides is 1. The number of carboxylic acids is 1. The fraction of sp³-hybridized carbons (Fsp3) is 0.286. The summed E-state index contributed by atoms with van der Waals surface area (Å²) in [6.07, 6.45) is -4.84. The fourth-order valence-corrected chi connectivity index (χ4v) is 6.14. The molecule has 36 heavy (non-hydrogen) atoms. The number of thiazole rings is 1. The van der Waals surface area contributed by atoms with Crippen LogP contribution < -0.4 is 4.72 Å². The van der Waals surface area contributed by atoms with E-state index in [2.05, 4.69) is 9.97 Å². The van der Waals surface area contributed by atoms with Crippen LogP contribution in [0.4, 0.5) is 13.2 Å². The number of nitrogens with one attached hydrogen (secondary N) is 1. The molecule has 0 saturated carbocycles. The predicted octanol–water partition coefficient (Wildman–Crippen LogP) is 5.33. The van der Waals surface area contributed by atoms with E-state index in [9.17, 15) is 36.6 Å².